The van der Waals surface area contributed by atoms with Gasteiger partial charge in [0.1, 0.15) is 17.9 Å². The van der Waals surface area contributed by atoms with Crippen LogP contribution in [0, 0.1) is 18.5 Å². The van der Waals surface area contributed by atoms with Crippen molar-refractivity contribution in [1.82, 2.24) is 4.57 Å². The van der Waals surface area contributed by atoms with Crippen LogP contribution in [0.2, 0.25) is 0 Å². The number of nitrogens with zero attached hydrogens (tertiary/aromatic N) is 3. The summed E-state index contributed by atoms with van der Waals surface area (Å²) < 4.78 is 14.8. The molecule has 3 aromatic rings. The van der Waals surface area contributed by atoms with Crippen LogP contribution in [-0.4, -0.2) is 23.8 Å². The molecule has 0 fully saturated rings. The standard InChI is InChI=1S/C23H17I2N3O4S2/c1-3-31-22(30)18-12(2)27-23-28(19(18)16-5-4-8-33-16)21(29)17(34-23)10-13-9-14(24)11-15(25)20(13)32-7-6-26/h4-5,8-11,19H,3,7H2,1-2H3/b17-10-/t19-/m1/s1. The van der Waals surface area contributed by atoms with Crippen molar-refractivity contribution in [2.75, 3.05) is 13.2 Å². The molecule has 34 heavy (non-hydrogen) atoms. The fourth-order valence-electron chi connectivity index (χ4n) is 3.59. The molecule has 3 heterocycles. The number of ether oxygens (including phenoxy) is 2. The third kappa shape index (κ3) is 4.86. The van der Waals surface area contributed by atoms with Crippen molar-refractivity contribution < 1.29 is 14.3 Å². The second kappa shape index (κ2) is 10.7. The van der Waals surface area contributed by atoms with Crippen LogP contribution in [0.4, 0.5) is 0 Å². The number of hydrogen-bond donors (Lipinski definition) is 0. The number of hydrogen-bond acceptors (Lipinski definition) is 8. The number of benzene rings is 1. The molecule has 0 saturated heterocycles. The minimum Gasteiger partial charge on any atom is -0.477 e. The highest BCUT2D eigenvalue weighted by molar-refractivity contribution is 14.1. The maximum absolute atomic E-state index is 13.7. The van der Waals surface area contributed by atoms with Crippen LogP contribution in [0.1, 0.15) is 30.3 Å². The van der Waals surface area contributed by atoms with Crippen molar-refractivity contribution in [3.05, 3.63) is 78.2 Å². The van der Waals surface area contributed by atoms with Crippen molar-refractivity contribution in [3.8, 4) is 11.8 Å². The summed E-state index contributed by atoms with van der Waals surface area (Å²) in [7, 11) is 0. The first kappa shape index (κ1) is 25.1. The molecule has 0 unspecified atom stereocenters. The van der Waals surface area contributed by atoms with E-state index in [1.807, 2.05) is 35.7 Å². The van der Waals surface area contributed by atoms with Crippen molar-refractivity contribution in [1.29, 1.82) is 5.26 Å². The Balaban J connectivity index is 1.94. The van der Waals surface area contributed by atoms with Crippen LogP contribution in [0.3, 0.4) is 0 Å². The fraction of sp³-hybridized carbons (Fsp3) is 0.217. The van der Waals surface area contributed by atoms with Gasteiger partial charge in [0.15, 0.2) is 11.4 Å². The van der Waals surface area contributed by atoms with Gasteiger partial charge in [-0.05, 0) is 88.7 Å². The number of carbonyl (C=O) groups is 1. The van der Waals surface area contributed by atoms with E-state index in [0.29, 0.717) is 31.9 Å². The van der Waals surface area contributed by atoms with Crippen LogP contribution < -0.4 is 19.6 Å². The van der Waals surface area contributed by atoms with Crippen LogP contribution in [0.25, 0.3) is 6.08 Å². The molecule has 0 saturated carbocycles. The Morgan fingerprint density at radius 2 is 2.18 bits per heavy atom. The molecule has 0 radical (unpaired) electrons. The van der Waals surface area contributed by atoms with E-state index in [1.165, 1.54) is 22.7 Å². The number of nitriles is 1. The molecular weight excluding hydrogens is 700 g/mol. The molecule has 0 amide bonds. The number of thiophene rings is 1. The topological polar surface area (TPSA) is 93.7 Å². The monoisotopic (exact) mass is 717 g/mol. The van der Waals surface area contributed by atoms with Crippen molar-refractivity contribution >= 4 is 79.9 Å². The molecule has 0 spiro atoms. The average molecular weight is 717 g/mol. The zero-order valence-electron chi connectivity index (χ0n) is 18.0. The predicted octanol–water partition coefficient (Wildman–Crippen LogP) is 3.97. The number of esters is 1. The number of thiazole rings is 1. The van der Waals surface area contributed by atoms with E-state index >= 15 is 0 Å². The molecule has 0 bridgehead atoms. The molecule has 1 aromatic carbocycles. The van der Waals surface area contributed by atoms with E-state index in [0.717, 1.165) is 12.0 Å². The highest BCUT2D eigenvalue weighted by Crippen LogP contribution is 2.33. The SMILES string of the molecule is CCOC(=O)C1=C(C)N=c2s/c(=C\c3cc(I)cc(I)c3OCC#N)c(=O)n2[C@@H]1c1cccs1. The number of carbonyl (C=O) groups excluding carboxylic acids is 1. The summed E-state index contributed by atoms with van der Waals surface area (Å²) in [5.74, 6) is 0.0717. The molecule has 2 aromatic heterocycles. The van der Waals surface area contributed by atoms with E-state index in [9.17, 15) is 9.59 Å². The minimum absolute atomic E-state index is 0.0981. The van der Waals surface area contributed by atoms with E-state index < -0.39 is 12.0 Å². The van der Waals surface area contributed by atoms with Gasteiger partial charge in [0.25, 0.3) is 5.56 Å². The molecule has 1 aliphatic heterocycles. The quantitative estimate of drug-likeness (QED) is 0.285. The summed E-state index contributed by atoms with van der Waals surface area (Å²) in [6, 6.07) is 9.01. The zero-order chi connectivity index (χ0) is 24.4. The second-order valence-corrected chi connectivity index (χ2v) is 11.5. The Morgan fingerprint density at radius 3 is 2.85 bits per heavy atom. The average Bonchev–Trinajstić information content (AvgIpc) is 3.41. The number of allylic oxidation sites excluding steroid dienone is 1. The van der Waals surface area contributed by atoms with Crippen molar-refractivity contribution in [2.45, 2.75) is 19.9 Å². The lowest BCUT2D eigenvalue weighted by Crippen LogP contribution is -2.39. The Kier molecular flexibility index (Phi) is 7.90. The summed E-state index contributed by atoms with van der Waals surface area (Å²) in [6.07, 6.45) is 1.76. The Morgan fingerprint density at radius 1 is 1.38 bits per heavy atom. The van der Waals surface area contributed by atoms with Gasteiger partial charge < -0.3 is 9.47 Å². The highest BCUT2D eigenvalue weighted by Gasteiger charge is 2.33. The van der Waals surface area contributed by atoms with Gasteiger partial charge in [-0.3, -0.25) is 9.36 Å². The molecule has 0 aliphatic carbocycles. The lowest BCUT2D eigenvalue weighted by Gasteiger charge is -2.23. The molecule has 4 rings (SSSR count). The van der Waals surface area contributed by atoms with Crippen LogP contribution in [-0.2, 0) is 9.53 Å². The Labute approximate surface area is 230 Å². The third-order valence-electron chi connectivity index (χ3n) is 4.93. The molecule has 174 valence electrons. The maximum Gasteiger partial charge on any atom is 0.338 e. The van der Waals surface area contributed by atoms with Gasteiger partial charge in [-0.1, -0.05) is 17.4 Å². The molecule has 0 N–H and O–H groups in total. The van der Waals surface area contributed by atoms with E-state index in [-0.39, 0.29) is 18.8 Å². The Bertz CT molecular complexity index is 1510. The number of rotatable bonds is 6. The number of halogens is 2. The lowest BCUT2D eigenvalue weighted by molar-refractivity contribution is -0.139. The number of fused-ring (bicyclic) bond motifs is 1. The van der Waals surface area contributed by atoms with E-state index in [4.69, 9.17) is 14.7 Å². The molecular formula is C23H17I2N3O4S2. The second-order valence-electron chi connectivity index (χ2n) is 7.07. The summed E-state index contributed by atoms with van der Waals surface area (Å²) in [6.45, 7) is 3.64. The minimum atomic E-state index is -0.609. The van der Waals surface area contributed by atoms with Crippen molar-refractivity contribution in [3.63, 3.8) is 0 Å². The first-order chi connectivity index (χ1) is 16.3. The fourth-order valence-corrected chi connectivity index (χ4v) is 7.50. The third-order valence-corrected chi connectivity index (χ3v) is 8.27. The largest absolute Gasteiger partial charge is 0.477 e. The molecule has 7 nitrogen and oxygen atoms in total. The highest BCUT2D eigenvalue weighted by atomic mass is 127. The van der Waals surface area contributed by atoms with Gasteiger partial charge in [0, 0.05) is 14.0 Å². The van der Waals surface area contributed by atoms with Gasteiger partial charge in [0.05, 0.1) is 26.0 Å². The lowest BCUT2D eigenvalue weighted by atomic mass is 10.0. The van der Waals surface area contributed by atoms with Gasteiger partial charge >= 0.3 is 5.97 Å². The summed E-state index contributed by atoms with van der Waals surface area (Å²) in [4.78, 5) is 32.5. The van der Waals surface area contributed by atoms with Gasteiger partial charge in [0.2, 0.25) is 0 Å². The Hall–Kier alpha value is -2.02. The van der Waals surface area contributed by atoms with Crippen LogP contribution >= 0.6 is 67.9 Å². The van der Waals surface area contributed by atoms with Gasteiger partial charge in [-0.15, -0.1) is 11.3 Å². The molecule has 1 atom stereocenters. The predicted molar refractivity (Wildman–Crippen MR) is 148 cm³/mol. The van der Waals surface area contributed by atoms with Crippen LogP contribution in [0.5, 0.6) is 5.75 Å². The van der Waals surface area contributed by atoms with E-state index in [2.05, 4.69) is 50.2 Å². The summed E-state index contributed by atoms with van der Waals surface area (Å²) >= 11 is 7.08. The first-order valence-electron chi connectivity index (χ1n) is 10.1. The number of aromatic nitrogens is 1. The van der Waals surface area contributed by atoms with Crippen molar-refractivity contribution in [2.24, 2.45) is 4.99 Å². The normalized spacial score (nSPS) is 15.5. The first-order valence-corrected chi connectivity index (χ1v) is 13.9. The zero-order valence-corrected chi connectivity index (χ0v) is 24.0. The smallest absolute Gasteiger partial charge is 0.338 e. The maximum atomic E-state index is 13.7. The van der Waals surface area contributed by atoms with E-state index in [1.54, 1.807) is 24.5 Å². The molecule has 1 aliphatic rings. The summed E-state index contributed by atoms with van der Waals surface area (Å²) in [5, 5.41) is 10.9. The van der Waals surface area contributed by atoms with Gasteiger partial charge in [-0.25, -0.2) is 9.79 Å². The summed E-state index contributed by atoms with van der Waals surface area (Å²) in [5.41, 5.74) is 1.35. The van der Waals surface area contributed by atoms with Crippen LogP contribution in [0.15, 0.2) is 50.7 Å². The molecule has 11 heteroatoms. The van der Waals surface area contributed by atoms with Gasteiger partial charge in [-0.2, -0.15) is 5.26 Å².